The summed E-state index contributed by atoms with van der Waals surface area (Å²) in [5.41, 5.74) is 7.58. The Bertz CT molecular complexity index is 1020. The molecule has 4 unspecified atom stereocenters. The number of carbonyl (C=O) groups is 4. The topological polar surface area (TPSA) is 171 Å². The number of aliphatic carboxylic acids is 1. The molecule has 4 atom stereocenters. The lowest BCUT2D eigenvalue weighted by molar-refractivity contribution is -0.144. The number of hydrogen-bond acceptors (Lipinski definition) is 7. The van der Waals surface area contributed by atoms with Gasteiger partial charge in [0.25, 0.3) is 0 Å². The van der Waals surface area contributed by atoms with Gasteiger partial charge in [0, 0.05) is 37.0 Å². The minimum Gasteiger partial charge on any atom is -0.480 e. The van der Waals surface area contributed by atoms with Gasteiger partial charge in [0.1, 0.15) is 18.1 Å². The van der Waals surface area contributed by atoms with E-state index in [1.807, 2.05) is 30.3 Å². The lowest BCUT2D eigenvalue weighted by atomic mass is 10.0. The summed E-state index contributed by atoms with van der Waals surface area (Å²) in [6.07, 6.45) is 4.45. The second kappa shape index (κ2) is 12.4. The van der Waals surface area contributed by atoms with Crippen molar-refractivity contribution < 1.29 is 24.3 Å². The number of likely N-dealkylation sites (tertiary alicyclic amines) is 1. The molecule has 35 heavy (non-hydrogen) atoms. The molecule has 1 saturated heterocycles. The molecule has 11 nitrogen and oxygen atoms in total. The third-order valence-electron chi connectivity index (χ3n) is 5.86. The van der Waals surface area contributed by atoms with Gasteiger partial charge in [0.15, 0.2) is 0 Å². The molecule has 0 saturated carbocycles. The van der Waals surface area contributed by atoms with Crippen LogP contribution in [0.2, 0.25) is 0 Å². The zero-order valence-electron chi connectivity index (χ0n) is 19.1. The van der Waals surface area contributed by atoms with Gasteiger partial charge in [0.05, 0.1) is 12.4 Å². The molecule has 1 fully saturated rings. The van der Waals surface area contributed by atoms with E-state index in [0.717, 1.165) is 5.56 Å². The minimum atomic E-state index is -1.20. The van der Waals surface area contributed by atoms with Crippen molar-refractivity contribution >= 4 is 36.3 Å². The number of nitrogens with one attached hydrogen (secondary N) is 3. The molecule has 12 heteroatoms. The number of hydrogen-bond donors (Lipinski definition) is 6. The summed E-state index contributed by atoms with van der Waals surface area (Å²) in [7, 11) is 0. The SMILES string of the molecule is NC(Cc1cnc[nH]1)C(=O)NC(Cc1ccccc1)C(=O)N1CCCC1C(=O)NC(CS)C(=O)O. The summed E-state index contributed by atoms with van der Waals surface area (Å²) in [4.78, 5) is 58.7. The molecule has 3 rings (SSSR count). The Morgan fingerprint density at radius 3 is 2.54 bits per heavy atom. The number of imidazole rings is 1. The fourth-order valence-electron chi connectivity index (χ4n) is 4.01. The van der Waals surface area contributed by atoms with Gasteiger partial charge in [-0.1, -0.05) is 30.3 Å². The van der Waals surface area contributed by atoms with Crippen molar-refractivity contribution in [2.24, 2.45) is 5.73 Å². The lowest BCUT2D eigenvalue weighted by Gasteiger charge is -2.30. The van der Waals surface area contributed by atoms with Crippen LogP contribution in [0.15, 0.2) is 42.9 Å². The number of aromatic nitrogens is 2. The van der Waals surface area contributed by atoms with Crippen LogP contribution < -0.4 is 16.4 Å². The van der Waals surface area contributed by atoms with Crippen LogP contribution >= 0.6 is 12.6 Å². The van der Waals surface area contributed by atoms with E-state index in [2.05, 4.69) is 33.2 Å². The highest BCUT2D eigenvalue weighted by Crippen LogP contribution is 2.20. The Labute approximate surface area is 208 Å². The van der Waals surface area contributed by atoms with E-state index in [0.29, 0.717) is 25.1 Å². The maximum Gasteiger partial charge on any atom is 0.327 e. The molecule has 0 spiro atoms. The first-order chi connectivity index (χ1) is 16.8. The number of H-pyrrole nitrogens is 1. The Morgan fingerprint density at radius 2 is 1.91 bits per heavy atom. The normalized spacial score (nSPS) is 17.9. The Kier molecular flexibility index (Phi) is 9.26. The molecule has 188 valence electrons. The average molecular weight is 503 g/mol. The minimum absolute atomic E-state index is 0.0807. The van der Waals surface area contributed by atoms with Gasteiger partial charge in [-0.25, -0.2) is 9.78 Å². The Hall–Kier alpha value is -3.38. The first-order valence-corrected chi connectivity index (χ1v) is 11.9. The molecule has 1 aliphatic heterocycles. The van der Waals surface area contributed by atoms with Crippen LogP contribution in [0.1, 0.15) is 24.1 Å². The number of aromatic amines is 1. The largest absolute Gasteiger partial charge is 0.480 e. The molecule has 2 heterocycles. The average Bonchev–Trinajstić information content (AvgIpc) is 3.54. The maximum atomic E-state index is 13.6. The number of rotatable bonds is 11. The maximum absolute atomic E-state index is 13.6. The van der Waals surface area contributed by atoms with Crippen LogP contribution in [0.5, 0.6) is 0 Å². The number of amides is 3. The quantitative estimate of drug-likeness (QED) is 0.225. The highest BCUT2D eigenvalue weighted by atomic mass is 32.1. The lowest BCUT2D eigenvalue weighted by Crippen LogP contribution is -2.57. The zero-order valence-corrected chi connectivity index (χ0v) is 20.0. The van der Waals surface area contributed by atoms with Crippen LogP contribution in [-0.4, -0.2) is 80.1 Å². The molecular weight excluding hydrogens is 472 g/mol. The summed E-state index contributed by atoms with van der Waals surface area (Å²) < 4.78 is 0. The van der Waals surface area contributed by atoms with Crippen molar-refractivity contribution in [1.29, 1.82) is 0 Å². The van der Waals surface area contributed by atoms with Crippen molar-refractivity contribution in [3.63, 3.8) is 0 Å². The molecule has 1 aromatic carbocycles. The monoisotopic (exact) mass is 502 g/mol. The highest BCUT2D eigenvalue weighted by molar-refractivity contribution is 7.80. The fraction of sp³-hybridized carbons (Fsp3) is 0.435. The summed E-state index contributed by atoms with van der Waals surface area (Å²) in [6.45, 7) is 0.316. The van der Waals surface area contributed by atoms with E-state index < -0.39 is 47.9 Å². The van der Waals surface area contributed by atoms with E-state index in [1.54, 1.807) is 6.20 Å². The summed E-state index contributed by atoms with van der Waals surface area (Å²) >= 11 is 3.97. The Balaban J connectivity index is 1.75. The number of nitrogens with zero attached hydrogens (tertiary/aromatic N) is 2. The van der Waals surface area contributed by atoms with Gasteiger partial charge >= 0.3 is 5.97 Å². The van der Waals surface area contributed by atoms with E-state index >= 15 is 0 Å². The molecular formula is C23H30N6O5S. The number of carboxylic acids is 1. The molecule has 0 aliphatic carbocycles. The van der Waals surface area contributed by atoms with Gasteiger partial charge in [-0.05, 0) is 18.4 Å². The fourth-order valence-corrected chi connectivity index (χ4v) is 4.26. The molecule has 1 aromatic heterocycles. The van der Waals surface area contributed by atoms with Crippen LogP contribution in [0.25, 0.3) is 0 Å². The highest BCUT2D eigenvalue weighted by Gasteiger charge is 2.39. The van der Waals surface area contributed by atoms with Crippen LogP contribution in [0, 0.1) is 0 Å². The molecule has 0 radical (unpaired) electrons. The summed E-state index contributed by atoms with van der Waals surface area (Å²) in [5, 5.41) is 14.4. The molecule has 0 bridgehead atoms. The Morgan fingerprint density at radius 1 is 1.17 bits per heavy atom. The van der Waals surface area contributed by atoms with Gasteiger partial charge in [-0.15, -0.1) is 0 Å². The molecule has 2 aromatic rings. The van der Waals surface area contributed by atoms with E-state index in [4.69, 9.17) is 5.73 Å². The smallest absolute Gasteiger partial charge is 0.327 e. The molecule has 6 N–H and O–H groups in total. The first kappa shape index (κ1) is 26.2. The van der Waals surface area contributed by atoms with Crippen molar-refractivity contribution in [2.75, 3.05) is 12.3 Å². The van der Waals surface area contributed by atoms with Crippen LogP contribution in [-0.2, 0) is 32.0 Å². The van der Waals surface area contributed by atoms with Gasteiger partial charge in [-0.3, -0.25) is 14.4 Å². The second-order valence-electron chi connectivity index (χ2n) is 8.41. The molecule has 3 amide bonds. The van der Waals surface area contributed by atoms with Gasteiger partial charge < -0.3 is 31.4 Å². The first-order valence-electron chi connectivity index (χ1n) is 11.3. The standard InChI is InChI=1S/C23H30N6O5S/c24-16(10-15-11-25-13-26-15)20(30)27-17(9-14-5-2-1-3-6-14)22(32)29-8-4-7-19(29)21(31)28-18(12-35)23(33)34/h1-3,5-6,11,13,16-19,35H,4,7-10,12,24H2,(H,25,26)(H,27,30)(H,28,31)(H,33,34). The van der Waals surface area contributed by atoms with E-state index in [1.165, 1.54) is 11.2 Å². The van der Waals surface area contributed by atoms with Crippen LogP contribution in [0.3, 0.4) is 0 Å². The number of nitrogens with two attached hydrogens (primary N) is 1. The van der Waals surface area contributed by atoms with Gasteiger partial charge in [-0.2, -0.15) is 12.6 Å². The number of thiol groups is 1. The zero-order chi connectivity index (χ0) is 25.4. The van der Waals surface area contributed by atoms with Crippen molar-refractivity contribution in [3.8, 4) is 0 Å². The van der Waals surface area contributed by atoms with Crippen molar-refractivity contribution in [3.05, 3.63) is 54.1 Å². The predicted octanol–water partition coefficient (Wildman–Crippen LogP) is -0.503. The van der Waals surface area contributed by atoms with E-state index in [9.17, 15) is 24.3 Å². The van der Waals surface area contributed by atoms with Crippen LogP contribution in [0.4, 0.5) is 0 Å². The number of carboxylic acid groups (broad SMARTS) is 1. The molecule has 1 aliphatic rings. The second-order valence-corrected chi connectivity index (χ2v) is 8.78. The number of carbonyl (C=O) groups excluding carboxylic acids is 3. The van der Waals surface area contributed by atoms with Crippen molar-refractivity contribution in [2.45, 2.75) is 49.9 Å². The van der Waals surface area contributed by atoms with E-state index in [-0.39, 0.29) is 18.6 Å². The predicted molar refractivity (Wildman–Crippen MR) is 130 cm³/mol. The third kappa shape index (κ3) is 7.06. The number of benzene rings is 1. The van der Waals surface area contributed by atoms with Gasteiger partial charge in [0.2, 0.25) is 17.7 Å². The van der Waals surface area contributed by atoms with Crippen molar-refractivity contribution in [1.82, 2.24) is 25.5 Å². The summed E-state index contributed by atoms with van der Waals surface area (Å²) in [5.74, 6) is -2.77. The summed E-state index contributed by atoms with van der Waals surface area (Å²) in [6, 6.07) is 5.33. The third-order valence-corrected chi connectivity index (χ3v) is 6.23.